The van der Waals surface area contributed by atoms with Crippen molar-refractivity contribution in [1.29, 1.82) is 0 Å². The van der Waals surface area contributed by atoms with E-state index in [4.69, 9.17) is 0 Å². The molecule has 84 valence electrons. The summed E-state index contributed by atoms with van der Waals surface area (Å²) in [6.45, 7) is 6.67. The zero-order valence-corrected chi connectivity index (χ0v) is 10.4. The van der Waals surface area contributed by atoms with E-state index in [-0.39, 0.29) is 0 Å². The van der Waals surface area contributed by atoms with E-state index in [1.807, 2.05) is 17.5 Å². The Labute approximate surface area is 96.1 Å². The molecule has 0 saturated heterocycles. The Balaban J connectivity index is 1.68. The summed E-state index contributed by atoms with van der Waals surface area (Å²) in [4.78, 5) is 5.73. The van der Waals surface area contributed by atoms with Gasteiger partial charge < -0.3 is 5.32 Å². The van der Waals surface area contributed by atoms with E-state index < -0.39 is 0 Å². The summed E-state index contributed by atoms with van der Waals surface area (Å²) >= 11 is 1.83. The summed E-state index contributed by atoms with van der Waals surface area (Å²) in [5, 5.41) is 4.78. The Bertz CT molecular complexity index is 304. The Morgan fingerprint density at radius 2 is 2.40 bits per heavy atom. The molecule has 1 aliphatic carbocycles. The fourth-order valence-electron chi connectivity index (χ4n) is 1.85. The molecule has 1 atom stereocenters. The highest BCUT2D eigenvalue weighted by Gasteiger charge is 2.27. The van der Waals surface area contributed by atoms with Gasteiger partial charge in [0.25, 0.3) is 0 Å². The van der Waals surface area contributed by atoms with Crippen LogP contribution in [-0.2, 0) is 13.0 Å². The predicted molar refractivity (Wildman–Crippen MR) is 65.1 cm³/mol. The van der Waals surface area contributed by atoms with Gasteiger partial charge in [-0.25, -0.2) is 4.98 Å². The van der Waals surface area contributed by atoms with Crippen molar-refractivity contribution in [3.63, 3.8) is 0 Å². The zero-order valence-electron chi connectivity index (χ0n) is 9.62. The molecule has 0 radical (unpaired) electrons. The first-order valence-corrected chi connectivity index (χ1v) is 6.75. The van der Waals surface area contributed by atoms with Crippen LogP contribution in [0.15, 0.2) is 6.20 Å². The van der Waals surface area contributed by atoms with Crippen LogP contribution in [0.3, 0.4) is 0 Å². The van der Waals surface area contributed by atoms with Crippen LogP contribution in [0.5, 0.6) is 0 Å². The van der Waals surface area contributed by atoms with Crippen LogP contribution in [-0.4, -0.2) is 11.5 Å². The number of nitrogens with zero attached hydrogens (tertiary/aromatic N) is 1. The highest BCUT2D eigenvalue weighted by atomic mass is 32.1. The van der Waals surface area contributed by atoms with E-state index in [2.05, 4.69) is 24.1 Å². The molecule has 1 aromatic heterocycles. The smallest absolute Gasteiger partial charge is 0.0925 e. The molecule has 1 saturated carbocycles. The first kappa shape index (κ1) is 11.1. The third kappa shape index (κ3) is 3.28. The van der Waals surface area contributed by atoms with Crippen molar-refractivity contribution in [2.24, 2.45) is 11.8 Å². The largest absolute Gasteiger partial charge is 0.312 e. The number of thiazole rings is 1. The minimum Gasteiger partial charge on any atom is -0.312 e. The van der Waals surface area contributed by atoms with Crippen LogP contribution < -0.4 is 5.32 Å². The summed E-state index contributed by atoms with van der Waals surface area (Å²) in [7, 11) is 0. The molecule has 1 fully saturated rings. The Morgan fingerprint density at radius 3 is 3.00 bits per heavy atom. The van der Waals surface area contributed by atoms with Gasteiger partial charge in [0.05, 0.1) is 5.01 Å². The molecular weight excluding hydrogens is 204 g/mol. The molecule has 2 rings (SSSR count). The molecule has 0 aromatic carbocycles. The minimum atomic E-state index is 0.851. The molecule has 1 heterocycles. The molecule has 3 heteroatoms. The van der Waals surface area contributed by atoms with Gasteiger partial charge in [-0.1, -0.05) is 13.8 Å². The third-order valence-corrected chi connectivity index (χ3v) is 4.24. The van der Waals surface area contributed by atoms with Gasteiger partial charge in [0.15, 0.2) is 0 Å². The van der Waals surface area contributed by atoms with Crippen molar-refractivity contribution in [3.05, 3.63) is 16.1 Å². The molecular formula is C12H20N2S. The molecule has 1 aromatic rings. The third-order valence-electron chi connectivity index (χ3n) is 3.10. The number of nitrogens with one attached hydrogen (secondary N) is 1. The van der Waals surface area contributed by atoms with Gasteiger partial charge in [-0.3, -0.25) is 0 Å². The fourth-order valence-corrected chi connectivity index (χ4v) is 2.68. The molecule has 0 bridgehead atoms. The first-order chi connectivity index (χ1) is 7.29. The molecule has 15 heavy (non-hydrogen) atoms. The standard InChI is InChI=1S/C12H20N2S/c1-3-12-14-8-11(15-12)7-13-6-9(2)10-4-5-10/h8-10,13H,3-7H2,1-2H3. The summed E-state index contributed by atoms with van der Waals surface area (Å²) in [6, 6.07) is 0. The number of aromatic nitrogens is 1. The van der Waals surface area contributed by atoms with Crippen molar-refractivity contribution >= 4 is 11.3 Å². The second-order valence-corrected chi connectivity index (χ2v) is 5.72. The molecule has 1 unspecified atom stereocenters. The van der Waals surface area contributed by atoms with Gasteiger partial charge in [0.2, 0.25) is 0 Å². The van der Waals surface area contributed by atoms with Gasteiger partial charge >= 0.3 is 0 Å². The average molecular weight is 224 g/mol. The quantitative estimate of drug-likeness (QED) is 0.803. The topological polar surface area (TPSA) is 24.9 Å². The van der Waals surface area contributed by atoms with E-state index in [1.54, 1.807) is 0 Å². The summed E-state index contributed by atoms with van der Waals surface area (Å²) < 4.78 is 0. The van der Waals surface area contributed by atoms with Gasteiger partial charge in [-0.15, -0.1) is 11.3 Å². The maximum atomic E-state index is 4.36. The van der Waals surface area contributed by atoms with Gasteiger partial charge in [-0.2, -0.15) is 0 Å². The second kappa shape index (κ2) is 5.08. The monoisotopic (exact) mass is 224 g/mol. The Kier molecular flexibility index (Phi) is 3.76. The van der Waals surface area contributed by atoms with Crippen LogP contribution in [0.25, 0.3) is 0 Å². The summed E-state index contributed by atoms with van der Waals surface area (Å²) in [6.07, 6.45) is 5.97. The lowest BCUT2D eigenvalue weighted by Gasteiger charge is -2.09. The van der Waals surface area contributed by atoms with E-state index in [1.165, 1.54) is 22.7 Å². The zero-order chi connectivity index (χ0) is 10.7. The number of hydrogen-bond acceptors (Lipinski definition) is 3. The normalized spacial score (nSPS) is 18.0. The molecule has 2 nitrogen and oxygen atoms in total. The predicted octanol–water partition coefficient (Wildman–Crippen LogP) is 2.84. The lowest BCUT2D eigenvalue weighted by atomic mass is 10.1. The first-order valence-electron chi connectivity index (χ1n) is 5.94. The summed E-state index contributed by atoms with van der Waals surface area (Å²) in [5.41, 5.74) is 0. The average Bonchev–Trinajstić information content (AvgIpc) is 2.99. The van der Waals surface area contributed by atoms with Crippen molar-refractivity contribution in [1.82, 2.24) is 10.3 Å². The Morgan fingerprint density at radius 1 is 1.60 bits per heavy atom. The maximum absolute atomic E-state index is 4.36. The number of aryl methyl sites for hydroxylation is 1. The maximum Gasteiger partial charge on any atom is 0.0925 e. The van der Waals surface area contributed by atoms with Crippen LogP contribution in [0.4, 0.5) is 0 Å². The van der Waals surface area contributed by atoms with Crippen LogP contribution in [0.1, 0.15) is 36.6 Å². The number of hydrogen-bond donors (Lipinski definition) is 1. The van der Waals surface area contributed by atoms with E-state index in [0.717, 1.165) is 31.3 Å². The van der Waals surface area contributed by atoms with Gasteiger partial charge in [-0.05, 0) is 37.6 Å². The highest BCUT2D eigenvalue weighted by molar-refractivity contribution is 7.11. The van der Waals surface area contributed by atoms with E-state index >= 15 is 0 Å². The van der Waals surface area contributed by atoms with Gasteiger partial charge in [0.1, 0.15) is 0 Å². The second-order valence-electron chi connectivity index (χ2n) is 4.52. The van der Waals surface area contributed by atoms with Gasteiger partial charge in [0, 0.05) is 17.6 Å². The number of rotatable bonds is 6. The highest BCUT2D eigenvalue weighted by Crippen LogP contribution is 2.36. The minimum absolute atomic E-state index is 0.851. The van der Waals surface area contributed by atoms with Crippen molar-refractivity contribution in [2.75, 3.05) is 6.54 Å². The SMILES string of the molecule is CCc1ncc(CNCC(C)C2CC2)s1. The lowest BCUT2D eigenvalue weighted by molar-refractivity contribution is 0.462. The van der Waals surface area contributed by atoms with Crippen molar-refractivity contribution in [2.45, 2.75) is 39.7 Å². The van der Waals surface area contributed by atoms with Crippen LogP contribution in [0.2, 0.25) is 0 Å². The molecule has 1 N–H and O–H groups in total. The molecule has 1 aliphatic rings. The van der Waals surface area contributed by atoms with Crippen LogP contribution in [0, 0.1) is 11.8 Å². The Hall–Kier alpha value is -0.410. The van der Waals surface area contributed by atoms with E-state index in [9.17, 15) is 0 Å². The lowest BCUT2D eigenvalue weighted by Crippen LogP contribution is -2.21. The fraction of sp³-hybridized carbons (Fsp3) is 0.750. The molecule has 0 spiro atoms. The van der Waals surface area contributed by atoms with Crippen molar-refractivity contribution < 1.29 is 0 Å². The van der Waals surface area contributed by atoms with E-state index in [0.29, 0.717) is 0 Å². The molecule has 0 amide bonds. The molecule has 0 aliphatic heterocycles. The van der Waals surface area contributed by atoms with Crippen molar-refractivity contribution in [3.8, 4) is 0 Å². The van der Waals surface area contributed by atoms with Crippen LogP contribution >= 0.6 is 11.3 Å². The summed E-state index contributed by atoms with van der Waals surface area (Å²) in [5.74, 6) is 1.86.